The normalized spacial score (nSPS) is 29.0. The number of hydrogen-bond acceptors (Lipinski definition) is 2. The van der Waals surface area contributed by atoms with Gasteiger partial charge in [0.1, 0.15) is 0 Å². The van der Waals surface area contributed by atoms with E-state index in [0.717, 1.165) is 18.4 Å². The Bertz CT molecular complexity index is 405. The van der Waals surface area contributed by atoms with E-state index >= 15 is 0 Å². The van der Waals surface area contributed by atoms with Crippen LogP contribution in [0.3, 0.4) is 0 Å². The Labute approximate surface area is 130 Å². The van der Waals surface area contributed by atoms with Gasteiger partial charge in [-0.05, 0) is 50.1 Å². The fourth-order valence-electron chi connectivity index (χ4n) is 3.78. The van der Waals surface area contributed by atoms with Gasteiger partial charge in [-0.15, -0.1) is 0 Å². The molecule has 0 radical (unpaired) electrons. The molecule has 2 rings (SSSR count). The van der Waals surface area contributed by atoms with Gasteiger partial charge in [0.25, 0.3) is 0 Å². The number of benzene rings is 1. The van der Waals surface area contributed by atoms with Crippen molar-refractivity contribution in [2.75, 3.05) is 13.7 Å². The summed E-state index contributed by atoms with van der Waals surface area (Å²) in [6, 6.07) is 11.1. The Hall–Kier alpha value is -0.860. The Kier molecular flexibility index (Phi) is 6.25. The van der Waals surface area contributed by atoms with Crippen LogP contribution in [0.5, 0.6) is 0 Å². The molecule has 1 aliphatic rings. The first-order chi connectivity index (χ1) is 10.2. The molecular weight excluding hydrogens is 258 g/mol. The summed E-state index contributed by atoms with van der Waals surface area (Å²) < 4.78 is 6.13. The lowest BCUT2D eigenvalue weighted by molar-refractivity contribution is 0.00486. The second-order valence-corrected chi connectivity index (χ2v) is 6.63. The van der Waals surface area contributed by atoms with Crippen molar-refractivity contribution in [3.8, 4) is 0 Å². The maximum Gasteiger partial charge on any atom is 0.0980 e. The fraction of sp³-hybridized carbons (Fsp3) is 0.684. The van der Waals surface area contributed by atoms with Gasteiger partial charge < -0.3 is 10.1 Å². The van der Waals surface area contributed by atoms with Crippen LogP contribution < -0.4 is 5.32 Å². The Morgan fingerprint density at radius 2 is 1.86 bits per heavy atom. The first-order valence-electron chi connectivity index (χ1n) is 8.51. The van der Waals surface area contributed by atoms with E-state index in [1.54, 1.807) is 0 Å². The minimum Gasteiger partial charge on any atom is -0.372 e. The predicted octanol–water partition coefficient (Wildman–Crippen LogP) is 4.42. The molecule has 1 saturated carbocycles. The molecule has 0 amide bonds. The first-order valence-corrected chi connectivity index (χ1v) is 8.51. The molecule has 0 saturated heterocycles. The molecule has 1 fully saturated rings. The maximum absolute atomic E-state index is 6.13. The number of ether oxygens (including phenoxy) is 1. The van der Waals surface area contributed by atoms with E-state index in [2.05, 4.69) is 63.5 Å². The fourth-order valence-corrected chi connectivity index (χ4v) is 3.78. The van der Waals surface area contributed by atoms with E-state index in [0.29, 0.717) is 12.0 Å². The lowest BCUT2D eigenvalue weighted by atomic mass is 9.71. The standard InChI is InChI=1S/C19H31NO/c1-5-21-19(16-9-7-6-8-10-16)18(20-4)17-12-11-14(2)15(3)13-17/h6-10,14-15,17-20H,5,11-13H2,1-4H3. The highest BCUT2D eigenvalue weighted by Crippen LogP contribution is 2.39. The topological polar surface area (TPSA) is 21.3 Å². The molecule has 1 aromatic carbocycles. The van der Waals surface area contributed by atoms with Crippen molar-refractivity contribution in [2.45, 2.75) is 52.2 Å². The van der Waals surface area contributed by atoms with Crippen LogP contribution in [-0.4, -0.2) is 19.7 Å². The van der Waals surface area contributed by atoms with Crippen molar-refractivity contribution >= 4 is 0 Å². The molecule has 1 aromatic rings. The first kappa shape index (κ1) is 16.5. The van der Waals surface area contributed by atoms with E-state index in [1.807, 2.05) is 0 Å². The van der Waals surface area contributed by atoms with Crippen LogP contribution in [0.2, 0.25) is 0 Å². The molecule has 1 N–H and O–H groups in total. The molecule has 118 valence electrons. The summed E-state index contributed by atoms with van der Waals surface area (Å²) in [6.07, 6.45) is 4.13. The van der Waals surface area contributed by atoms with Crippen molar-refractivity contribution in [3.63, 3.8) is 0 Å². The summed E-state index contributed by atoms with van der Waals surface area (Å²) in [6.45, 7) is 7.65. The van der Waals surface area contributed by atoms with Gasteiger partial charge in [0.15, 0.2) is 0 Å². The van der Waals surface area contributed by atoms with Gasteiger partial charge in [-0.3, -0.25) is 0 Å². The third-order valence-corrected chi connectivity index (χ3v) is 5.28. The second-order valence-electron chi connectivity index (χ2n) is 6.63. The van der Waals surface area contributed by atoms with Crippen molar-refractivity contribution < 1.29 is 4.74 Å². The molecule has 0 heterocycles. The van der Waals surface area contributed by atoms with Crippen LogP contribution in [0, 0.1) is 17.8 Å². The quantitative estimate of drug-likeness (QED) is 0.837. The van der Waals surface area contributed by atoms with Gasteiger partial charge in [0.05, 0.1) is 6.10 Å². The predicted molar refractivity (Wildman–Crippen MR) is 89.3 cm³/mol. The summed E-state index contributed by atoms with van der Waals surface area (Å²) in [4.78, 5) is 0. The largest absolute Gasteiger partial charge is 0.372 e. The number of rotatable bonds is 6. The SMILES string of the molecule is CCOC(c1ccccc1)C(NC)C1CCC(C)C(C)C1. The van der Waals surface area contributed by atoms with Crippen LogP contribution in [0.4, 0.5) is 0 Å². The molecule has 5 atom stereocenters. The number of likely N-dealkylation sites (N-methyl/N-ethyl adjacent to an activating group) is 1. The lowest BCUT2D eigenvalue weighted by Gasteiger charge is -2.40. The zero-order valence-electron chi connectivity index (χ0n) is 14.0. The van der Waals surface area contributed by atoms with Crippen molar-refractivity contribution in [1.29, 1.82) is 0 Å². The molecule has 1 aliphatic carbocycles. The molecule has 2 nitrogen and oxygen atoms in total. The zero-order valence-corrected chi connectivity index (χ0v) is 14.0. The van der Waals surface area contributed by atoms with E-state index < -0.39 is 0 Å². The van der Waals surface area contributed by atoms with Gasteiger partial charge >= 0.3 is 0 Å². The van der Waals surface area contributed by atoms with Gasteiger partial charge in [-0.2, -0.15) is 0 Å². The highest BCUT2D eigenvalue weighted by atomic mass is 16.5. The highest BCUT2D eigenvalue weighted by molar-refractivity contribution is 5.19. The summed E-state index contributed by atoms with van der Waals surface area (Å²) in [7, 11) is 2.09. The summed E-state index contributed by atoms with van der Waals surface area (Å²) in [5.74, 6) is 2.39. The average molecular weight is 289 g/mol. The Morgan fingerprint density at radius 1 is 1.14 bits per heavy atom. The molecule has 5 unspecified atom stereocenters. The molecule has 0 aromatic heterocycles. The Morgan fingerprint density at radius 3 is 2.43 bits per heavy atom. The smallest absolute Gasteiger partial charge is 0.0980 e. The minimum absolute atomic E-state index is 0.159. The van der Waals surface area contributed by atoms with Gasteiger partial charge in [-0.25, -0.2) is 0 Å². The lowest BCUT2D eigenvalue weighted by Crippen LogP contribution is -2.43. The van der Waals surface area contributed by atoms with Crippen LogP contribution >= 0.6 is 0 Å². The maximum atomic E-state index is 6.13. The van der Waals surface area contributed by atoms with Gasteiger partial charge in [-0.1, -0.05) is 50.6 Å². The monoisotopic (exact) mass is 289 g/mol. The van der Waals surface area contributed by atoms with Crippen molar-refractivity contribution in [2.24, 2.45) is 17.8 Å². The molecule has 0 spiro atoms. The van der Waals surface area contributed by atoms with Crippen LogP contribution in [0.25, 0.3) is 0 Å². The summed E-state index contributed by atoms with van der Waals surface area (Å²) >= 11 is 0. The van der Waals surface area contributed by atoms with Gasteiger partial charge in [0.2, 0.25) is 0 Å². The molecular formula is C19H31NO. The molecule has 0 bridgehead atoms. The van der Waals surface area contributed by atoms with Crippen LogP contribution in [0.1, 0.15) is 51.7 Å². The molecule has 0 aliphatic heterocycles. The average Bonchev–Trinajstić information content (AvgIpc) is 2.51. The van der Waals surface area contributed by atoms with E-state index in [1.165, 1.54) is 24.8 Å². The number of hydrogen-bond donors (Lipinski definition) is 1. The minimum atomic E-state index is 0.159. The number of nitrogens with one attached hydrogen (secondary N) is 1. The van der Waals surface area contributed by atoms with E-state index in [9.17, 15) is 0 Å². The van der Waals surface area contributed by atoms with E-state index in [-0.39, 0.29) is 6.10 Å². The summed E-state index contributed by atoms with van der Waals surface area (Å²) in [5.41, 5.74) is 1.30. The third-order valence-electron chi connectivity index (χ3n) is 5.28. The Balaban J connectivity index is 2.16. The molecule has 2 heteroatoms. The molecule has 21 heavy (non-hydrogen) atoms. The summed E-state index contributed by atoms with van der Waals surface area (Å²) in [5, 5.41) is 3.57. The van der Waals surface area contributed by atoms with Crippen LogP contribution in [-0.2, 0) is 4.74 Å². The third kappa shape index (κ3) is 4.08. The van der Waals surface area contributed by atoms with E-state index in [4.69, 9.17) is 4.74 Å². The van der Waals surface area contributed by atoms with Gasteiger partial charge in [0, 0.05) is 12.6 Å². The van der Waals surface area contributed by atoms with Crippen molar-refractivity contribution in [3.05, 3.63) is 35.9 Å². The highest BCUT2D eigenvalue weighted by Gasteiger charge is 2.34. The zero-order chi connectivity index (χ0) is 15.2. The second kappa shape index (κ2) is 7.95. The van der Waals surface area contributed by atoms with Crippen molar-refractivity contribution in [1.82, 2.24) is 5.32 Å². The van der Waals surface area contributed by atoms with Crippen LogP contribution in [0.15, 0.2) is 30.3 Å².